The predicted octanol–water partition coefficient (Wildman–Crippen LogP) is 2.73. The van der Waals surface area contributed by atoms with Gasteiger partial charge in [-0.3, -0.25) is 4.79 Å². The van der Waals surface area contributed by atoms with Crippen LogP contribution in [-0.4, -0.2) is 18.1 Å². The first kappa shape index (κ1) is 20.2. The van der Waals surface area contributed by atoms with Crippen molar-refractivity contribution >= 4 is 11.8 Å². The van der Waals surface area contributed by atoms with Gasteiger partial charge < -0.3 is 20.2 Å². The third-order valence-corrected chi connectivity index (χ3v) is 4.36. The fourth-order valence-electron chi connectivity index (χ4n) is 2.92. The van der Waals surface area contributed by atoms with E-state index in [0.29, 0.717) is 16.9 Å². The zero-order valence-electron chi connectivity index (χ0n) is 15.9. The summed E-state index contributed by atoms with van der Waals surface area (Å²) in [7, 11) is 1.32. The van der Waals surface area contributed by atoms with Crippen LogP contribution in [0.25, 0.3) is 11.1 Å². The predicted molar refractivity (Wildman–Crippen MR) is 108 cm³/mol. The Morgan fingerprint density at radius 2 is 1.80 bits per heavy atom. The van der Waals surface area contributed by atoms with Gasteiger partial charge in [0.05, 0.1) is 12.7 Å². The van der Waals surface area contributed by atoms with E-state index in [1.807, 2.05) is 18.2 Å². The molecular formula is C22H16N4O4. The summed E-state index contributed by atoms with van der Waals surface area (Å²) in [6.07, 6.45) is 0. The van der Waals surface area contributed by atoms with Gasteiger partial charge in [-0.25, -0.2) is 4.79 Å². The van der Waals surface area contributed by atoms with Crippen molar-refractivity contribution in [2.75, 3.05) is 12.8 Å². The first-order chi connectivity index (χ1) is 14.5. The summed E-state index contributed by atoms with van der Waals surface area (Å²) in [4.78, 5) is 26.0. The third kappa shape index (κ3) is 3.98. The lowest BCUT2D eigenvalue weighted by molar-refractivity contribution is 0.0600. The number of carbonyl (C=O) groups is 1. The van der Waals surface area contributed by atoms with Crippen LogP contribution in [0.4, 0.5) is 5.82 Å². The van der Waals surface area contributed by atoms with E-state index in [0.717, 1.165) is 5.56 Å². The Morgan fingerprint density at radius 3 is 2.43 bits per heavy atom. The molecule has 0 aliphatic carbocycles. The van der Waals surface area contributed by atoms with Gasteiger partial charge in [-0.1, -0.05) is 24.3 Å². The third-order valence-electron chi connectivity index (χ3n) is 4.36. The summed E-state index contributed by atoms with van der Waals surface area (Å²) >= 11 is 0. The molecule has 148 valence electrons. The van der Waals surface area contributed by atoms with Gasteiger partial charge in [0.1, 0.15) is 41.4 Å². The SMILES string of the molecule is COC(=O)c1cccc(COc2ccc(-c3c(C#N)c(N)[nH]c(=O)c3C#N)cc2)c1. The normalized spacial score (nSPS) is 9.97. The van der Waals surface area contributed by atoms with Crippen LogP contribution in [0.1, 0.15) is 27.0 Å². The molecule has 3 N–H and O–H groups in total. The van der Waals surface area contributed by atoms with E-state index in [9.17, 15) is 20.1 Å². The minimum atomic E-state index is -0.658. The fourth-order valence-corrected chi connectivity index (χ4v) is 2.92. The molecule has 1 heterocycles. The Morgan fingerprint density at radius 1 is 1.10 bits per heavy atom. The van der Waals surface area contributed by atoms with E-state index in [1.165, 1.54) is 7.11 Å². The quantitative estimate of drug-likeness (QED) is 0.627. The van der Waals surface area contributed by atoms with Crippen LogP contribution in [0.15, 0.2) is 53.3 Å². The Bertz CT molecular complexity index is 1250. The van der Waals surface area contributed by atoms with Crippen molar-refractivity contribution in [1.29, 1.82) is 10.5 Å². The highest BCUT2D eigenvalue weighted by Crippen LogP contribution is 2.29. The van der Waals surface area contributed by atoms with Crippen LogP contribution in [0, 0.1) is 22.7 Å². The smallest absolute Gasteiger partial charge is 0.337 e. The van der Waals surface area contributed by atoms with Crippen LogP contribution < -0.4 is 16.0 Å². The molecule has 8 heteroatoms. The summed E-state index contributed by atoms with van der Waals surface area (Å²) < 4.78 is 10.4. The average molecular weight is 400 g/mol. The molecule has 0 spiro atoms. The fraction of sp³-hybridized carbons (Fsp3) is 0.0909. The molecule has 0 saturated heterocycles. The molecular weight excluding hydrogens is 384 g/mol. The molecule has 0 atom stereocenters. The molecule has 0 bridgehead atoms. The molecule has 2 aromatic carbocycles. The molecule has 0 aliphatic heterocycles. The summed E-state index contributed by atoms with van der Waals surface area (Å²) in [6.45, 7) is 0.217. The van der Waals surface area contributed by atoms with Gasteiger partial charge in [-0.05, 0) is 35.4 Å². The maximum absolute atomic E-state index is 12.0. The van der Waals surface area contributed by atoms with Crippen LogP contribution in [0.5, 0.6) is 5.75 Å². The van der Waals surface area contributed by atoms with Gasteiger partial charge >= 0.3 is 5.97 Å². The molecule has 0 fully saturated rings. The van der Waals surface area contributed by atoms with Gasteiger partial charge in [0.15, 0.2) is 0 Å². The van der Waals surface area contributed by atoms with Gasteiger partial charge in [0, 0.05) is 5.56 Å². The zero-order valence-corrected chi connectivity index (χ0v) is 15.9. The number of aromatic nitrogens is 1. The molecule has 0 saturated carbocycles. The van der Waals surface area contributed by atoms with Crippen molar-refractivity contribution in [1.82, 2.24) is 4.98 Å². The molecule has 0 radical (unpaired) electrons. The van der Waals surface area contributed by atoms with Crippen molar-refractivity contribution in [2.45, 2.75) is 6.61 Å². The lowest BCUT2D eigenvalue weighted by Crippen LogP contribution is -2.16. The Labute approximate surface area is 171 Å². The minimum Gasteiger partial charge on any atom is -0.489 e. The van der Waals surface area contributed by atoms with Crippen molar-refractivity contribution in [2.24, 2.45) is 0 Å². The van der Waals surface area contributed by atoms with E-state index >= 15 is 0 Å². The summed E-state index contributed by atoms with van der Waals surface area (Å²) in [5.74, 6) is -0.000665. The molecule has 1 aromatic heterocycles. The number of aromatic amines is 1. The number of anilines is 1. The number of pyridine rings is 1. The molecule has 3 aromatic rings. The zero-order chi connectivity index (χ0) is 21.7. The van der Waals surface area contributed by atoms with Gasteiger partial charge in [-0.15, -0.1) is 0 Å². The molecule has 3 rings (SSSR count). The number of nitrogen functional groups attached to an aromatic ring is 1. The van der Waals surface area contributed by atoms with Crippen LogP contribution in [0.2, 0.25) is 0 Å². The number of methoxy groups -OCH3 is 1. The Balaban J connectivity index is 1.85. The highest BCUT2D eigenvalue weighted by Gasteiger charge is 2.18. The number of hydrogen-bond acceptors (Lipinski definition) is 7. The number of benzene rings is 2. The molecule has 0 unspecified atom stereocenters. The highest BCUT2D eigenvalue weighted by atomic mass is 16.5. The number of carbonyl (C=O) groups excluding carboxylic acids is 1. The van der Waals surface area contributed by atoms with Gasteiger partial charge in [-0.2, -0.15) is 10.5 Å². The van der Waals surface area contributed by atoms with E-state index in [1.54, 1.807) is 42.5 Å². The standard InChI is InChI=1S/C22H16N4O4/c1-29-22(28)15-4-2-3-13(9-15)12-30-16-7-5-14(6-8-16)19-17(10-23)20(25)26-21(27)18(19)11-24/h2-9H,12H2,1H3,(H3,25,26,27). The number of nitrogens with zero attached hydrogens (tertiary/aromatic N) is 2. The maximum Gasteiger partial charge on any atom is 0.337 e. The van der Waals surface area contributed by atoms with E-state index < -0.39 is 11.5 Å². The van der Waals surface area contributed by atoms with Crippen molar-refractivity contribution < 1.29 is 14.3 Å². The van der Waals surface area contributed by atoms with E-state index in [-0.39, 0.29) is 29.1 Å². The largest absolute Gasteiger partial charge is 0.489 e. The Hall–Kier alpha value is -4.56. The average Bonchev–Trinajstić information content (AvgIpc) is 2.77. The highest BCUT2D eigenvalue weighted by molar-refractivity contribution is 5.89. The summed E-state index contributed by atoms with van der Waals surface area (Å²) in [6, 6.07) is 17.2. The van der Waals surface area contributed by atoms with E-state index in [2.05, 4.69) is 4.98 Å². The number of H-pyrrole nitrogens is 1. The second-order valence-electron chi connectivity index (χ2n) is 6.22. The van der Waals surface area contributed by atoms with Crippen LogP contribution in [-0.2, 0) is 11.3 Å². The number of nitriles is 2. The van der Waals surface area contributed by atoms with Crippen LogP contribution in [0.3, 0.4) is 0 Å². The van der Waals surface area contributed by atoms with Gasteiger partial charge in [0.25, 0.3) is 5.56 Å². The topological polar surface area (TPSA) is 142 Å². The molecule has 8 nitrogen and oxygen atoms in total. The first-order valence-corrected chi connectivity index (χ1v) is 8.75. The number of nitrogens with two attached hydrogens (primary N) is 1. The molecule has 30 heavy (non-hydrogen) atoms. The van der Waals surface area contributed by atoms with E-state index in [4.69, 9.17) is 15.2 Å². The Kier molecular flexibility index (Phi) is 5.81. The maximum atomic E-state index is 12.0. The molecule has 0 aliphatic rings. The monoisotopic (exact) mass is 400 g/mol. The first-order valence-electron chi connectivity index (χ1n) is 8.75. The molecule has 0 amide bonds. The second-order valence-corrected chi connectivity index (χ2v) is 6.22. The second kappa shape index (κ2) is 8.63. The number of ether oxygens (including phenoxy) is 2. The lowest BCUT2D eigenvalue weighted by Gasteiger charge is -2.11. The number of hydrogen-bond donors (Lipinski definition) is 2. The minimum absolute atomic E-state index is 0.0273. The van der Waals surface area contributed by atoms with Crippen molar-refractivity contribution in [3.05, 3.63) is 81.1 Å². The van der Waals surface area contributed by atoms with Crippen LogP contribution >= 0.6 is 0 Å². The number of esters is 1. The van der Waals surface area contributed by atoms with Crippen molar-refractivity contribution in [3.63, 3.8) is 0 Å². The summed E-state index contributed by atoms with van der Waals surface area (Å²) in [5, 5.41) is 18.7. The van der Waals surface area contributed by atoms with Crippen molar-refractivity contribution in [3.8, 4) is 29.0 Å². The van der Waals surface area contributed by atoms with Gasteiger partial charge in [0.2, 0.25) is 0 Å². The lowest BCUT2D eigenvalue weighted by atomic mass is 9.96. The number of rotatable bonds is 5. The summed E-state index contributed by atoms with van der Waals surface area (Å²) in [5.41, 5.74) is 6.79. The number of nitrogens with one attached hydrogen (secondary N) is 1.